The molecular weight excluding hydrogens is 306 g/mol. The van der Waals surface area contributed by atoms with Gasteiger partial charge >= 0.3 is 5.97 Å². The smallest absolute Gasteiger partial charge is 0.303 e. The number of aryl methyl sites for hydroxylation is 2. The van der Waals surface area contributed by atoms with Gasteiger partial charge in [-0.2, -0.15) is 0 Å². The summed E-state index contributed by atoms with van der Waals surface area (Å²) in [6.07, 6.45) is 0.755. The van der Waals surface area contributed by atoms with Crippen molar-refractivity contribution in [3.05, 3.63) is 59.7 Å². The molecule has 2 N–H and O–H groups in total. The molecule has 2 aromatic rings. The highest BCUT2D eigenvalue weighted by Gasteiger charge is 2.05. The number of carbonyl (C=O) groups is 2. The van der Waals surface area contributed by atoms with Gasteiger partial charge in [-0.05, 0) is 48.7 Å². The van der Waals surface area contributed by atoms with Gasteiger partial charge in [0.25, 0.3) is 0 Å². The van der Waals surface area contributed by atoms with Gasteiger partial charge in [0.05, 0.1) is 13.0 Å². The SMILES string of the molecule is Cc1cccc(OCCC(=O)Nc2cccc(CCC(=O)O)c2)c1. The van der Waals surface area contributed by atoms with E-state index in [1.807, 2.05) is 37.3 Å². The third-order valence-electron chi connectivity index (χ3n) is 3.43. The molecule has 0 aliphatic carbocycles. The Kier molecular flexibility index (Phi) is 6.37. The Morgan fingerprint density at radius 2 is 1.88 bits per heavy atom. The van der Waals surface area contributed by atoms with Gasteiger partial charge in [-0.3, -0.25) is 9.59 Å². The number of ether oxygens (including phenoxy) is 1. The first-order valence-electron chi connectivity index (χ1n) is 7.83. The van der Waals surface area contributed by atoms with Crippen LogP contribution in [0.2, 0.25) is 0 Å². The maximum atomic E-state index is 12.0. The third-order valence-corrected chi connectivity index (χ3v) is 3.43. The second kappa shape index (κ2) is 8.72. The van der Waals surface area contributed by atoms with E-state index in [1.165, 1.54) is 0 Å². The number of anilines is 1. The molecule has 24 heavy (non-hydrogen) atoms. The van der Waals surface area contributed by atoms with E-state index < -0.39 is 5.97 Å². The van der Waals surface area contributed by atoms with Crippen LogP contribution in [0.3, 0.4) is 0 Å². The van der Waals surface area contributed by atoms with Crippen molar-refractivity contribution in [3.8, 4) is 5.75 Å². The first-order chi connectivity index (χ1) is 11.5. The van der Waals surface area contributed by atoms with Crippen molar-refractivity contribution in [1.29, 1.82) is 0 Å². The molecule has 0 radical (unpaired) electrons. The van der Waals surface area contributed by atoms with Gasteiger partial charge in [-0.1, -0.05) is 24.3 Å². The van der Waals surface area contributed by atoms with Crippen LogP contribution < -0.4 is 10.1 Å². The van der Waals surface area contributed by atoms with E-state index >= 15 is 0 Å². The number of amides is 1. The van der Waals surface area contributed by atoms with E-state index in [0.29, 0.717) is 18.7 Å². The number of rotatable bonds is 8. The van der Waals surface area contributed by atoms with Gasteiger partial charge in [-0.15, -0.1) is 0 Å². The van der Waals surface area contributed by atoms with Crippen LogP contribution in [-0.2, 0) is 16.0 Å². The summed E-state index contributed by atoms with van der Waals surface area (Å²) in [5.41, 5.74) is 2.65. The molecule has 0 spiro atoms. The van der Waals surface area contributed by atoms with Crippen molar-refractivity contribution in [1.82, 2.24) is 0 Å². The van der Waals surface area contributed by atoms with E-state index in [2.05, 4.69) is 5.32 Å². The molecule has 0 aromatic heterocycles. The molecule has 5 heteroatoms. The molecule has 5 nitrogen and oxygen atoms in total. The molecule has 0 saturated carbocycles. The van der Waals surface area contributed by atoms with Crippen molar-refractivity contribution in [2.45, 2.75) is 26.2 Å². The number of nitrogens with one attached hydrogen (secondary N) is 1. The largest absolute Gasteiger partial charge is 0.493 e. The highest BCUT2D eigenvalue weighted by molar-refractivity contribution is 5.90. The van der Waals surface area contributed by atoms with Gasteiger partial charge in [0.15, 0.2) is 0 Å². The highest BCUT2D eigenvalue weighted by Crippen LogP contribution is 2.14. The average Bonchev–Trinajstić information content (AvgIpc) is 2.53. The lowest BCUT2D eigenvalue weighted by Crippen LogP contribution is -2.15. The van der Waals surface area contributed by atoms with E-state index in [-0.39, 0.29) is 18.7 Å². The quantitative estimate of drug-likeness (QED) is 0.779. The molecule has 2 rings (SSSR count). The molecular formula is C19H21NO4. The molecule has 0 aliphatic heterocycles. The molecule has 126 valence electrons. The highest BCUT2D eigenvalue weighted by atomic mass is 16.5. The minimum atomic E-state index is -0.835. The Morgan fingerprint density at radius 1 is 1.08 bits per heavy atom. The Bertz CT molecular complexity index is 712. The second-order valence-electron chi connectivity index (χ2n) is 5.56. The lowest BCUT2D eigenvalue weighted by molar-refractivity contribution is -0.137. The Balaban J connectivity index is 1.79. The van der Waals surface area contributed by atoms with Crippen molar-refractivity contribution in [2.24, 2.45) is 0 Å². The van der Waals surface area contributed by atoms with E-state index in [0.717, 1.165) is 16.9 Å². The fourth-order valence-electron chi connectivity index (χ4n) is 2.25. The van der Waals surface area contributed by atoms with E-state index in [9.17, 15) is 9.59 Å². The zero-order valence-electron chi connectivity index (χ0n) is 13.6. The van der Waals surface area contributed by atoms with Gasteiger partial charge < -0.3 is 15.2 Å². The maximum Gasteiger partial charge on any atom is 0.303 e. The monoisotopic (exact) mass is 327 g/mol. The lowest BCUT2D eigenvalue weighted by atomic mass is 10.1. The minimum Gasteiger partial charge on any atom is -0.493 e. The summed E-state index contributed by atoms with van der Waals surface area (Å²) in [5.74, 6) is -0.228. The van der Waals surface area contributed by atoms with Gasteiger partial charge in [0.2, 0.25) is 5.91 Å². The summed E-state index contributed by atoms with van der Waals surface area (Å²) < 4.78 is 5.56. The molecule has 0 saturated heterocycles. The van der Waals surface area contributed by atoms with E-state index in [1.54, 1.807) is 18.2 Å². The molecule has 0 heterocycles. The molecule has 1 amide bonds. The zero-order valence-corrected chi connectivity index (χ0v) is 13.6. The van der Waals surface area contributed by atoms with Crippen molar-refractivity contribution >= 4 is 17.6 Å². The Labute approximate surface area is 141 Å². The van der Waals surface area contributed by atoms with Crippen LogP contribution >= 0.6 is 0 Å². The summed E-state index contributed by atoms with van der Waals surface area (Å²) in [4.78, 5) is 22.6. The lowest BCUT2D eigenvalue weighted by Gasteiger charge is -2.09. The molecule has 0 atom stereocenters. The summed E-state index contributed by atoms with van der Waals surface area (Å²) in [7, 11) is 0. The predicted molar refractivity (Wildman–Crippen MR) is 92.3 cm³/mol. The summed E-state index contributed by atoms with van der Waals surface area (Å²) in [6, 6.07) is 14.9. The first-order valence-corrected chi connectivity index (χ1v) is 7.83. The van der Waals surface area contributed by atoms with Crippen LogP contribution in [0.25, 0.3) is 0 Å². The molecule has 0 unspecified atom stereocenters. The molecule has 0 aliphatic rings. The van der Waals surface area contributed by atoms with Crippen LogP contribution in [0.5, 0.6) is 5.75 Å². The predicted octanol–water partition coefficient (Wildman–Crippen LogP) is 3.42. The number of carboxylic acid groups (broad SMARTS) is 1. The van der Waals surface area contributed by atoms with Crippen molar-refractivity contribution in [3.63, 3.8) is 0 Å². The number of carbonyl (C=O) groups excluding carboxylic acids is 1. The number of hydrogen-bond donors (Lipinski definition) is 2. The summed E-state index contributed by atoms with van der Waals surface area (Å²) in [5, 5.41) is 11.5. The maximum absolute atomic E-state index is 12.0. The zero-order chi connectivity index (χ0) is 17.4. The first kappa shape index (κ1) is 17.5. The Hall–Kier alpha value is -2.82. The average molecular weight is 327 g/mol. The van der Waals surface area contributed by atoms with Crippen LogP contribution in [0.4, 0.5) is 5.69 Å². The number of carboxylic acids is 1. The number of aliphatic carboxylic acids is 1. The minimum absolute atomic E-state index is 0.0712. The Morgan fingerprint density at radius 3 is 2.62 bits per heavy atom. The van der Waals surface area contributed by atoms with Crippen LogP contribution in [0.1, 0.15) is 24.0 Å². The number of benzene rings is 2. The van der Waals surface area contributed by atoms with Gasteiger partial charge in [0, 0.05) is 12.1 Å². The summed E-state index contributed by atoms with van der Waals surface area (Å²) >= 11 is 0. The molecule has 0 bridgehead atoms. The second-order valence-corrected chi connectivity index (χ2v) is 5.56. The van der Waals surface area contributed by atoms with Crippen LogP contribution in [0, 0.1) is 6.92 Å². The van der Waals surface area contributed by atoms with Crippen molar-refractivity contribution < 1.29 is 19.4 Å². The third kappa shape index (κ3) is 6.12. The van der Waals surface area contributed by atoms with Crippen LogP contribution in [0.15, 0.2) is 48.5 Å². The van der Waals surface area contributed by atoms with Gasteiger partial charge in [0.1, 0.15) is 5.75 Å². The van der Waals surface area contributed by atoms with Crippen LogP contribution in [-0.4, -0.2) is 23.6 Å². The topological polar surface area (TPSA) is 75.6 Å². The number of hydrogen-bond acceptors (Lipinski definition) is 3. The molecule has 2 aromatic carbocycles. The van der Waals surface area contributed by atoms with Crippen molar-refractivity contribution in [2.75, 3.05) is 11.9 Å². The fourth-order valence-corrected chi connectivity index (χ4v) is 2.25. The fraction of sp³-hybridized carbons (Fsp3) is 0.263. The van der Waals surface area contributed by atoms with E-state index in [4.69, 9.17) is 9.84 Å². The summed E-state index contributed by atoms with van der Waals surface area (Å²) in [6.45, 7) is 2.28. The van der Waals surface area contributed by atoms with Gasteiger partial charge in [-0.25, -0.2) is 0 Å². The normalized spacial score (nSPS) is 10.2. The molecule has 0 fully saturated rings. The standard InChI is InChI=1S/C19H21NO4/c1-14-4-2-7-17(12-14)24-11-10-18(21)20-16-6-3-5-15(13-16)8-9-19(22)23/h2-7,12-13H,8-11H2,1H3,(H,20,21)(H,22,23).